The summed E-state index contributed by atoms with van der Waals surface area (Å²) in [7, 11) is 0. The van der Waals surface area contributed by atoms with Crippen molar-refractivity contribution >= 4 is 49.3 Å². The summed E-state index contributed by atoms with van der Waals surface area (Å²) in [6, 6.07) is 57.1. The normalized spacial score (nSPS) is 14.5. The van der Waals surface area contributed by atoms with Crippen LogP contribution >= 0.6 is 0 Å². The van der Waals surface area contributed by atoms with Gasteiger partial charge in [0, 0.05) is 27.2 Å². The Morgan fingerprint density at radius 1 is 0.471 bits per heavy atom. The van der Waals surface area contributed by atoms with Gasteiger partial charge in [-0.15, -0.1) is 0 Å². The van der Waals surface area contributed by atoms with Gasteiger partial charge in [0.2, 0.25) is 0 Å². The lowest BCUT2D eigenvalue weighted by Crippen LogP contribution is -1.96. The smallest absolute Gasteiger partial charge is 0.135 e. The van der Waals surface area contributed by atoms with Crippen molar-refractivity contribution in [2.45, 2.75) is 13.3 Å². The van der Waals surface area contributed by atoms with Gasteiger partial charge in [-0.05, 0) is 118 Å². The molecule has 51 heavy (non-hydrogen) atoms. The molecule has 0 spiro atoms. The van der Waals surface area contributed by atoms with Gasteiger partial charge < -0.3 is 8.98 Å². The summed E-state index contributed by atoms with van der Waals surface area (Å²) < 4.78 is 8.81. The zero-order valence-corrected chi connectivity index (χ0v) is 28.4. The highest BCUT2D eigenvalue weighted by Gasteiger charge is 2.17. The Labute approximate surface area is 297 Å². The summed E-state index contributed by atoms with van der Waals surface area (Å²) in [5, 5.41) is 4.76. The summed E-state index contributed by atoms with van der Waals surface area (Å²) in [4.78, 5) is 0. The number of para-hydroxylation sites is 1. The Bertz CT molecular complexity index is 2840. The predicted octanol–water partition coefficient (Wildman–Crippen LogP) is 13.7. The molecule has 10 rings (SSSR count). The number of fused-ring (bicyclic) bond motifs is 6. The minimum absolute atomic E-state index is 0.556. The van der Waals surface area contributed by atoms with Crippen LogP contribution in [0.2, 0.25) is 0 Å². The average Bonchev–Trinajstić information content (AvgIpc) is 3.73. The molecule has 2 heteroatoms. The topological polar surface area (TPSA) is 18.1 Å². The zero-order chi connectivity index (χ0) is 33.9. The number of hydrogen-bond acceptors (Lipinski definition) is 1. The third kappa shape index (κ3) is 5.11. The number of allylic oxidation sites excluding steroid dienone is 4. The molecule has 1 aliphatic carbocycles. The molecule has 0 saturated heterocycles. The van der Waals surface area contributed by atoms with E-state index in [1.807, 2.05) is 0 Å². The fraction of sp³-hybridized carbons (Fsp3) is 0.0612. The van der Waals surface area contributed by atoms with Gasteiger partial charge in [0.1, 0.15) is 11.2 Å². The Kier molecular flexibility index (Phi) is 6.89. The summed E-state index contributed by atoms with van der Waals surface area (Å²) in [5.74, 6) is 0.556. The summed E-state index contributed by atoms with van der Waals surface area (Å²) in [5.41, 5.74) is 15.1. The molecular formula is C49H35NO. The van der Waals surface area contributed by atoms with Crippen LogP contribution in [0.4, 0.5) is 0 Å². The van der Waals surface area contributed by atoms with Crippen molar-refractivity contribution in [2.75, 3.05) is 0 Å². The quantitative estimate of drug-likeness (QED) is 0.181. The van der Waals surface area contributed by atoms with E-state index in [9.17, 15) is 0 Å². The molecule has 9 aromatic rings. The number of rotatable bonds is 5. The Morgan fingerprint density at radius 3 is 1.82 bits per heavy atom. The van der Waals surface area contributed by atoms with Crippen LogP contribution in [0, 0.1) is 5.92 Å². The van der Waals surface area contributed by atoms with Crippen LogP contribution in [0.25, 0.3) is 88.4 Å². The SMILES string of the molecule is CC1C=C(c2ccc3c(c2)c2ccccc2n3-c2ccc3oc4ccc(-c5cccc(-c6cccc(-c7ccccc7)c6)c5)cc4c3c2)C=CC1. The molecule has 0 saturated carbocycles. The van der Waals surface area contributed by atoms with Gasteiger partial charge in [0.15, 0.2) is 0 Å². The van der Waals surface area contributed by atoms with Gasteiger partial charge in [0.05, 0.1) is 11.0 Å². The molecule has 0 amide bonds. The fourth-order valence-corrected chi connectivity index (χ4v) is 7.93. The van der Waals surface area contributed by atoms with Gasteiger partial charge in [-0.3, -0.25) is 0 Å². The van der Waals surface area contributed by atoms with E-state index >= 15 is 0 Å². The second-order valence-electron chi connectivity index (χ2n) is 13.8. The highest BCUT2D eigenvalue weighted by atomic mass is 16.3. The van der Waals surface area contributed by atoms with Crippen LogP contribution in [0.1, 0.15) is 18.9 Å². The van der Waals surface area contributed by atoms with Crippen LogP contribution in [0.5, 0.6) is 0 Å². The molecular weight excluding hydrogens is 619 g/mol. The molecule has 2 heterocycles. The van der Waals surface area contributed by atoms with Crippen molar-refractivity contribution in [2.24, 2.45) is 5.92 Å². The molecule has 242 valence electrons. The van der Waals surface area contributed by atoms with Gasteiger partial charge in [-0.1, -0.05) is 122 Å². The summed E-state index contributed by atoms with van der Waals surface area (Å²) in [6.07, 6.45) is 8.07. The van der Waals surface area contributed by atoms with Gasteiger partial charge in [0.25, 0.3) is 0 Å². The second-order valence-corrected chi connectivity index (χ2v) is 13.8. The van der Waals surface area contributed by atoms with E-state index in [-0.39, 0.29) is 0 Å². The minimum Gasteiger partial charge on any atom is -0.456 e. The maximum atomic E-state index is 6.41. The number of furan rings is 1. The molecule has 0 N–H and O–H groups in total. The number of nitrogens with zero attached hydrogens (tertiary/aromatic N) is 1. The van der Waals surface area contributed by atoms with E-state index in [0.717, 1.165) is 34.0 Å². The number of benzene rings is 7. The van der Waals surface area contributed by atoms with Gasteiger partial charge >= 0.3 is 0 Å². The molecule has 2 aromatic heterocycles. The molecule has 0 bridgehead atoms. The molecule has 2 nitrogen and oxygen atoms in total. The number of aromatic nitrogens is 1. The lowest BCUT2D eigenvalue weighted by molar-refractivity contribution is 0.669. The highest BCUT2D eigenvalue weighted by Crippen LogP contribution is 2.39. The molecule has 1 unspecified atom stereocenters. The van der Waals surface area contributed by atoms with Crippen molar-refractivity contribution in [3.8, 4) is 39.1 Å². The van der Waals surface area contributed by atoms with E-state index in [1.54, 1.807) is 0 Å². The molecule has 1 aliphatic rings. The molecule has 0 radical (unpaired) electrons. The lowest BCUT2D eigenvalue weighted by Gasteiger charge is -2.13. The molecule has 7 aromatic carbocycles. The Balaban J connectivity index is 1.07. The largest absolute Gasteiger partial charge is 0.456 e. The van der Waals surface area contributed by atoms with Gasteiger partial charge in [-0.2, -0.15) is 0 Å². The first-order valence-corrected chi connectivity index (χ1v) is 17.8. The van der Waals surface area contributed by atoms with Crippen molar-refractivity contribution in [3.05, 3.63) is 182 Å². The first-order chi connectivity index (χ1) is 25.2. The standard InChI is InChI=1S/C49H35NO/c1-32-10-7-13-34(26-32)39-20-23-47-43(29-39)42-18-5-6-19-46(42)50(47)41-22-25-49-45(31-41)44-30-40(21-24-48(44)51-49)38-17-9-16-37(28-38)36-15-8-14-35(27-36)33-11-3-2-4-12-33/h2-9,11-32H,10H2,1H3. The Hall–Kier alpha value is -6.38. The zero-order valence-electron chi connectivity index (χ0n) is 28.4. The maximum absolute atomic E-state index is 6.41. The molecule has 0 aliphatic heterocycles. The number of hydrogen-bond donors (Lipinski definition) is 0. The third-order valence-corrected chi connectivity index (χ3v) is 10.5. The Morgan fingerprint density at radius 2 is 1.06 bits per heavy atom. The lowest BCUT2D eigenvalue weighted by atomic mass is 9.93. The van der Waals surface area contributed by atoms with Crippen LogP contribution in [0.3, 0.4) is 0 Å². The van der Waals surface area contributed by atoms with Crippen molar-refractivity contribution in [1.82, 2.24) is 4.57 Å². The molecule has 0 fully saturated rings. The monoisotopic (exact) mass is 653 g/mol. The van der Waals surface area contributed by atoms with E-state index < -0.39 is 0 Å². The van der Waals surface area contributed by atoms with Crippen molar-refractivity contribution in [3.63, 3.8) is 0 Å². The average molecular weight is 654 g/mol. The van der Waals surface area contributed by atoms with E-state index in [4.69, 9.17) is 4.42 Å². The predicted molar refractivity (Wildman–Crippen MR) is 215 cm³/mol. The van der Waals surface area contributed by atoms with E-state index in [2.05, 4.69) is 187 Å². The fourth-order valence-electron chi connectivity index (χ4n) is 7.93. The van der Waals surface area contributed by atoms with Crippen LogP contribution in [-0.4, -0.2) is 4.57 Å². The first-order valence-electron chi connectivity index (χ1n) is 17.8. The summed E-state index contributed by atoms with van der Waals surface area (Å²) >= 11 is 0. The second kappa shape index (κ2) is 11.9. The molecule has 1 atom stereocenters. The van der Waals surface area contributed by atoms with Crippen molar-refractivity contribution < 1.29 is 4.42 Å². The highest BCUT2D eigenvalue weighted by molar-refractivity contribution is 6.11. The first kappa shape index (κ1) is 29.5. The van der Waals surface area contributed by atoms with E-state index in [0.29, 0.717) is 5.92 Å². The van der Waals surface area contributed by atoms with Gasteiger partial charge in [-0.25, -0.2) is 0 Å². The van der Waals surface area contributed by atoms with E-state index in [1.165, 1.54) is 66.3 Å². The minimum atomic E-state index is 0.556. The van der Waals surface area contributed by atoms with Crippen LogP contribution in [-0.2, 0) is 0 Å². The maximum Gasteiger partial charge on any atom is 0.135 e. The third-order valence-electron chi connectivity index (χ3n) is 10.5. The summed E-state index contributed by atoms with van der Waals surface area (Å²) in [6.45, 7) is 2.29. The van der Waals surface area contributed by atoms with Crippen LogP contribution in [0.15, 0.2) is 180 Å². The van der Waals surface area contributed by atoms with Crippen molar-refractivity contribution in [1.29, 1.82) is 0 Å². The van der Waals surface area contributed by atoms with Crippen LogP contribution < -0.4 is 0 Å².